The number of phenolic OH excluding ortho intramolecular Hbond substituents is 1. The van der Waals surface area contributed by atoms with Gasteiger partial charge in [0.15, 0.2) is 0 Å². The number of hydrogen-bond donors (Lipinski definition) is 1. The van der Waals surface area contributed by atoms with Crippen LogP contribution in [0.15, 0.2) is 29.2 Å². The van der Waals surface area contributed by atoms with Crippen molar-refractivity contribution >= 4 is 11.8 Å². The van der Waals surface area contributed by atoms with Crippen molar-refractivity contribution < 1.29 is 5.11 Å². The number of thioether (sulfide) groups is 1. The topological polar surface area (TPSA) is 44.0 Å². The summed E-state index contributed by atoms with van der Waals surface area (Å²) in [6.45, 7) is 0. The highest BCUT2D eigenvalue weighted by atomic mass is 32.2. The first-order valence-corrected chi connectivity index (χ1v) is 5.53. The summed E-state index contributed by atoms with van der Waals surface area (Å²) >= 11 is 1.55. The summed E-state index contributed by atoms with van der Waals surface area (Å²) in [7, 11) is 0. The molecule has 14 heavy (non-hydrogen) atoms. The number of benzene rings is 1. The third-order valence-corrected chi connectivity index (χ3v) is 3.53. The molecule has 0 aliphatic heterocycles. The van der Waals surface area contributed by atoms with E-state index < -0.39 is 0 Å². The van der Waals surface area contributed by atoms with Gasteiger partial charge in [0.25, 0.3) is 0 Å². The van der Waals surface area contributed by atoms with E-state index in [0.29, 0.717) is 5.92 Å². The van der Waals surface area contributed by atoms with E-state index in [1.54, 1.807) is 30.0 Å². The van der Waals surface area contributed by atoms with Crippen LogP contribution in [-0.2, 0) is 0 Å². The van der Waals surface area contributed by atoms with Gasteiger partial charge in [0.05, 0.1) is 11.3 Å². The molecule has 1 aromatic carbocycles. The maximum absolute atomic E-state index is 9.26. The summed E-state index contributed by atoms with van der Waals surface area (Å²) in [5, 5.41) is 18.2. The normalized spacial score (nSPS) is 17.4. The maximum atomic E-state index is 9.26. The van der Waals surface area contributed by atoms with Crippen LogP contribution in [0.1, 0.15) is 12.8 Å². The predicted molar refractivity (Wildman–Crippen MR) is 56.1 cm³/mol. The largest absolute Gasteiger partial charge is 0.508 e. The maximum Gasteiger partial charge on any atom is 0.116 e. The first-order valence-electron chi connectivity index (χ1n) is 4.65. The Morgan fingerprint density at radius 3 is 2.86 bits per heavy atom. The van der Waals surface area contributed by atoms with Crippen LogP contribution in [0.3, 0.4) is 0 Å². The molecule has 1 aromatic rings. The molecule has 0 bridgehead atoms. The molecule has 1 fully saturated rings. The average Bonchev–Trinajstić information content (AvgIpc) is 2.97. The van der Waals surface area contributed by atoms with Gasteiger partial charge in [-0.05, 0) is 37.0 Å². The van der Waals surface area contributed by atoms with Crippen LogP contribution >= 0.6 is 11.8 Å². The van der Waals surface area contributed by atoms with Gasteiger partial charge in [0.2, 0.25) is 0 Å². The van der Waals surface area contributed by atoms with E-state index in [1.165, 1.54) is 12.8 Å². The van der Waals surface area contributed by atoms with E-state index in [0.717, 1.165) is 4.90 Å². The first kappa shape index (κ1) is 9.42. The zero-order valence-electron chi connectivity index (χ0n) is 7.68. The zero-order chi connectivity index (χ0) is 9.97. The van der Waals surface area contributed by atoms with Crippen LogP contribution in [-0.4, -0.2) is 10.4 Å². The van der Waals surface area contributed by atoms with Crippen molar-refractivity contribution in [1.82, 2.24) is 0 Å². The molecule has 2 nitrogen and oxygen atoms in total. The molecule has 2 rings (SSSR count). The summed E-state index contributed by atoms with van der Waals surface area (Å²) in [5.41, 5.74) is 0. The lowest BCUT2D eigenvalue weighted by molar-refractivity contribution is 0.474. The number of nitrogens with zero attached hydrogens (tertiary/aromatic N) is 1. The molecule has 1 N–H and O–H groups in total. The molecule has 0 amide bonds. The Morgan fingerprint density at radius 1 is 1.50 bits per heavy atom. The van der Waals surface area contributed by atoms with Crippen LogP contribution in [0.2, 0.25) is 0 Å². The standard InChI is InChI=1S/C11H11NOS/c12-7-11(8-4-5-8)14-10-3-1-2-9(13)6-10/h1-3,6,8,11,13H,4-5H2. The molecule has 0 aromatic heterocycles. The Morgan fingerprint density at radius 2 is 2.29 bits per heavy atom. The monoisotopic (exact) mass is 205 g/mol. The molecular weight excluding hydrogens is 194 g/mol. The van der Waals surface area contributed by atoms with Gasteiger partial charge in [0, 0.05) is 4.90 Å². The molecule has 0 spiro atoms. The van der Waals surface area contributed by atoms with Crippen LogP contribution in [0, 0.1) is 17.2 Å². The average molecular weight is 205 g/mol. The van der Waals surface area contributed by atoms with E-state index in [9.17, 15) is 5.11 Å². The number of phenols is 1. The highest BCUT2D eigenvalue weighted by Crippen LogP contribution is 2.41. The molecule has 72 valence electrons. The second-order valence-electron chi connectivity index (χ2n) is 3.50. The minimum atomic E-state index is 0.0526. The van der Waals surface area contributed by atoms with Gasteiger partial charge in [0.1, 0.15) is 5.75 Å². The lowest BCUT2D eigenvalue weighted by Crippen LogP contribution is -2.00. The molecule has 1 unspecified atom stereocenters. The Bertz CT molecular complexity index is 368. The Hall–Kier alpha value is -1.14. The highest BCUT2D eigenvalue weighted by molar-refractivity contribution is 8.00. The fourth-order valence-electron chi connectivity index (χ4n) is 1.33. The lowest BCUT2D eigenvalue weighted by Gasteiger charge is -2.06. The lowest BCUT2D eigenvalue weighted by atomic mass is 10.3. The summed E-state index contributed by atoms with van der Waals surface area (Å²) in [5.74, 6) is 0.829. The van der Waals surface area contributed by atoms with Crippen molar-refractivity contribution in [3.8, 4) is 11.8 Å². The second-order valence-corrected chi connectivity index (χ2v) is 4.72. The quantitative estimate of drug-likeness (QED) is 0.772. The van der Waals surface area contributed by atoms with Gasteiger partial charge in [-0.3, -0.25) is 0 Å². The Balaban J connectivity index is 2.05. The van der Waals surface area contributed by atoms with E-state index >= 15 is 0 Å². The predicted octanol–water partition coefficient (Wildman–Crippen LogP) is 2.79. The van der Waals surface area contributed by atoms with Gasteiger partial charge in [-0.2, -0.15) is 5.26 Å². The van der Waals surface area contributed by atoms with Gasteiger partial charge < -0.3 is 5.11 Å². The van der Waals surface area contributed by atoms with Gasteiger partial charge in [-0.25, -0.2) is 0 Å². The van der Waals surface area contributed by atoms with Gasteiger partial charge in [-0.15, -0.1) is 11.8 Å². The molecule has 1 aliphatic rings. The van der Waals surface area contributed by atoms with Crippen molar-refractivity contribution in [2.24, 2.45) is 5.92 Å². The number of hydrogen-bond acceptors (Lipinski definition) is 3. The van der Waals surface area contributed by atoms with Crippen LogP contribution in [0.5, 0.6) is 5.75 Å². The van der Waals surface area contributed by atoms with E-state index in [-0.39, 0.29) is 11.0 Å². The summed E-state index contributed by atoms with van der Waals surface area (Å²) in [4.78, 5) is 0.975. The molecule has 0 heterocycles. The summed E-state index contributed by atoms with van der Waals surface area (Å²) in [6.07, 6.45) is 2.34. The van der Waals surface area contributed by atoms with Crippen LogP contribution < -0.4 is 0 Å². The second kappa shape index (κ2) is 3.93. The molecule has 3 heteroatoms. The zero-order valence-corrected chi connectivity index (χ0v) is 8.50. The van der Waals surface area contributed by atoms with Crippen molar-refractivity contribution in [3.05, 3.63) is 24.3 Å². The number of rotatable bonds is 3. The molecule has 1 atom stereocenters. The third kappa shape index (κ3) is 2.21. The van der Waals surface area contributed by atoms with Crippen LogP contribution in [0.4, 0.5) is 0 Å². The van der Waals surface area contributed by atoms with Crippen molar-refractivity contribution in [3.63, 3.8) is 0 Å². The molecule has 0 radical (unpaired) electrons. The summed E-state index contributed by atoms with van der Waals surface area (Å²) in [6, 6.07) is 9.39. The van der Waals surface area contributed by atoms with Crippen molar-refractivity contribution in [1.29, 1.82) is 5.26 Å². The first-order chi connectivity index (χ1) is 6.79. The van der Waals surface area contributed by atoms with Crippen molar-refractivity contribution in [2.75, 3.05) is 0 Å². The van der Waals surface area contributed by atoms with Gasteiger partial charge in [-0.1, -0.05) is 6.07 Å². The Kier molecular flexibility index (Phi) is 2.64. The van der Waals surface area contributed by atoms with Gasteiger partial charge >= 0.3 is 0 Å². The molecule has 1 aliphatic carbocycles. The van der Waals surface area contributed by atoms with E-state index in [4.69, 9.17) is 5.26 Å². The number of nitriles is 1. The SMILES string of the molecule is N#CC(Sc1cccc(O)c1)C1CC1. The minimum Gasteiger partial charge on any atom is -0.508 e. The molecule has 0 saturated heterocycles. The third-order valence-electron chi connectivity index (χ3n) is 2.26. The van der Waals surface area contributed by atoms with E-state index in [2.05, 4.69) is 6.07 Å². The number of aromatic hydroxyl groups is 1. The fourth-order valence-corrected chi connectivity index (χ4v) is 2.49. The highest BCUT2D eigenvalue weighted by Gasteiger charge is 2.31. The van der Waals surface area contributed by atoms with Crippen molar-refractivity contribution in [2.45, 2.75) is 23.0 Å². The smallest absolute Gasteiger partial charge is 0.116 e. The summed E-state index contributed by atoms with van der Waals surface area (Å²) < 4.78 is 0. The Labute approximate surface area is 87.6 Å². The van der Waals surface area contributed by atoms with E-state index in [1.807, 2.05) is 6.07 Å². The molecular formula is C11H11NOS. The minimum absolute atomic E-state index is 0.0526. The fraction of sp³-hybridized carbons (Fsp3) is 0.364. The van der Waals surface area contributed by atoms with Crippen LogP contribution in [0.25, 0.3) is 0 Å². The molecule has 1 saturated carbocycles.